The molecule has 1 N–H and O–H groups in total. The Labute approximate surface area is 115 Å². The van der Waals surface area contributed by atoms with Crippen LogP contribution in [0.5, 0.6) is 0 Å². The summed E-state index contributed by atoms with van der Waals surface area (Å²) in [7, 11) is 0. The monoisotopic (exact) mass is 339 g/mol. The predicted octanol–water partition coefficient (Wildman–Crippen LogP) is 4.00. The van der Waals surface area contributed by atoms with Gasteiger partial charge in [0.05, 0.1) is 11.6 Å². The van der Waals surface area contributed by atoms with Crippen LogP contribution in [0, 0.1) is 0 Å². The van der Waals surface area contributed by atoms with E-state index in [1.165, 1.54) is 3.58 Å². The van der Waals surface area contributed by atoms with Crippen LogP contribution < -0.4 is 0 Å². The Balaban J connectivity index is 2.26. The molecule has 0 radical (unpaired) electrons. The minimum absolute atomic E-state index is 0.440. The summed E-state index contributed by atoms with van der Waals surface area (Å²) in [6.45, 7) is 2.03. The molecule has 2 nitrogen and oxygen atoms in total. The van der Waals surface area contributed by atoms with Gasteiger partial charge in [-0.05, 0) is 63.3 Å². The van der Waals surface area contributed by atoms with Crippen LogP contribution in [0.3, 0.4) is 0 Å². The lowest BCUT2D eigenvalue weighted by atomic mass is 10.0. The van der Waals surface area contributed by atoms with E-state index < -0.39 is 6.10 Å². The van der Waals surface area contributed by atoms with E-state index in [0.29, 0.717) is 6.42 Å². The van der Waals surface area contributed by atoms with Gasteiger partial charge in [0.2, 0.25) is 0 Å². The smallest absolute Gasteiger partial charge is 0.0825 e. The van der Waals surface area contributed by atoms with E-state index in [-0.39, 0.29) is 0 Å². The molecule has 0 bridgehead atoms. The van der Waals surface area contributed by atoms with E-state index in [4.69, 9.17) is 0 Å². The molecule has 88 valence electrons. The zero-order chi connectivity index (χ0) is 12.3. The fraction of sp³-hybridized carbons (Fsp3) is 0.214. The van der Waals surface area contributed by atoms with Crippen LogP contribution >= 0.6 is 22.6 Å². The number of aromatic nitrogens is 1. The quantitative estimate of drug-likeness (QED) is 0.858. The van der Waals surface area contributed by atoms with E-state index >= 15 is 0 Å². The Hall–Kier alpha value is -0.940. The van der Waals surface area contributed by atoms with Crippen molar-refractivity contribution in [2.24, 2.45) is 0 Å². The van der Waals surface area contributed by atoms with Gasteiger partial charge in [-0.2, -0.15) is 0 Å². The van der Waals surface area contributed by atoms with Crippen molar-refractivity contribution in [3.8, 4) is 0 Å². The molecule has 0 aliphatic heterocycles. The lowest BCUT2D eigenvalue weighted by Crippen LogP contribution is -1.95. The van der Waals surface area contributed by atoms with Gasteiger partial charge in [0, 0.05) is 11.6 Å². The number of rotatable bonds is 3. The molecule has 2 aromatic rings. The number of aliphatic hydroxyl groups excluding tert-OH is 1. The summed E-state index contributed by atoms with van der Waals surface area (Å²) in [5, 5.41) is 11.1. The Bertz CT molecular complexity index is 547. The highest BCUT2D eigenvalue weighted by molar-refractivity contribution is 14.1. The van der Waals surface area contributed by atoms with Gasteiger partial charge in [0.15, 0.2) is 0 Å². The van der Waals surface area contributed by atoms with Crippen LogP contribution in [0.15, 0.2) is 46.2 Å². The Morgan fingerprint density at radius 1 is 1.47 bits per heavy atom. The maximum Gasteiger partial charge on any atom is 0.0825 e. The lowest BCUT2D eigenvalue weighted by Gasteiger charge is -2.09. The molecule has 1 aromatic carbocycles. The molecular weight excluding hydrogens is 325 g/mol. The Morgan fingerprint density at radius 2 is 2.29 bits per heavy atom. The highest BCUT2D eigenvalue weighted by Gasteiger charge is 2.06. The van der Waals surface area contributed by atoms with Gasteiger partial charge in [0.1, 0.15) is 0 Å². The molecular formula is C14H14INO. The third-order valence-corrected chi connectivity index (χ3v) is 3.07. The molecule has 3 heteroatoms. The summed E-state index contributed by atoms with van der Waals surface area (Å²) in [6, 6.07) is 9.82. The highest BCUT2D eigenvalue weighted by atomic mass is 127. The average molecular weight is 339 g/mol. The molecule has 17 heavy (non-hydrogen) atoms. The van der Waals surface area contributed by atoms with Crippen molar-refractivity contribution in [1.82, 2.24) is 4.98 Å². The third kappa shape index (κ3) is 3.26. The van der Waals surface area contributed by atoms with Gasteiger partial charge in [-0.1, -0.05) is 18.2 Å². The fourth-order valence-corrected chi connectivity index (χ4v) is 1.97. The van der Waals surface area contributed by atoms with Gasteiger partial charge >= 0.3 is 0 Å². The summed E-state index contributed by atoms with van der Waals surface area (Å²) < 4.78 is 1.20. The van der Waals surface area contributed by atoms with Gasteiger partial charge in [-0.25, -0.2) is 0 Å². The van der Waals surface area contributed by atoms with E-state index in [2.05, 4.69) is 27.6 Å². The molecule has 1 heterocycles. The molecule has 0 aliphatic rings. The SMILES string of the molecule is C/C(I)=C/C[C@@H](O)c1ccc2ncccc2c1. The van der Waals surface area contributed by atoms with Crippen molar-refractivity contribution in [3.05, 3.63) is 51.7 Å². The van der Waals surface area contributed by atoms with Crippen molar-refractivity contribution in [3.63, 3.8) is 0 Å². The maximum absolute atomic E-state index is 10.1. The van der Waals surface area contributed by atoms with Crippen molar-refractivity contribution >= 4 is 33.5 Å². The number of benzene rings is 1. The first kappa shape index (κ1) is 12.5. The zero-order valence-corrected chi connectivity index (χ0v) is 11.8. The number of pyridine rings is 1. The predicted molar refractivity (Wildman–Crippen MR) is 79.1 cm³/mol. The second-order valence-corrected chi connectivity index (χ2v) is 5.70. The van der Waals surface area contributed by atoms with Crippen molar-refractivity contribution in [2.45, 2.75) is 19.4 Å². The number of nitrogens with zero attached hydrogens (tertiary/aromatic N) is 1. The minimum atomic E-state index is -0.440. The third-order valence-electron chi connectivity index (χ3n) is 2.63. The topological polar surface area (TPSA) is 33.1 Å². The van der Waals surface area contributed by atoms with Crippen LogP contribution in [0.1, 0.15) is 25.0 Å². The molecule has 0 aliphatic carbocycles. The summed E-state index contributed by atoms with van der Waals surface area (Å²) in [5.74, 6) is 0. The lowest BCUT2D eigenvalue weighted by molar-refractivity contribution is 0.181. The number of hydrogen-bond acceptors (Lipinski definition) is 2. The van der Waals surface area contributed by atoms with Crippen LogP contribution in [-0.2, 0) is 0 Å². The molecule has 0 fully saturated rings. The summed E-state index contributed by atoms with van der Waals surface area (Å²) in [4.78, 5) is 4.26. The van der Waals surface area contributed by atoms with Gasteiger partial charge < -0.3 is 5.11 Å². The summed E-state index contributed by atoms with van der Waals surface area (Å²) >= 11 is 2.25. The van der Waals surface area contributed by atoms with E-state index in [1.54, 1.807) is 6.20 Å². The van der Waals surface area contributed by atoms with E-state index in [1.807, 2.05) is 43.3 Å². The largest absolute Gasteiger partial charge is 0.388 e. The molecule has 0 saturated carbocycles. The Kier molecular flexibility index (Phi) is 4.12. The van der Waals surface area contributed by atoms with Gasteiger partial charge in [0.25, 0.3) is 0 Å². The Morgan fingerprint density at radius 3 is 3.06 bits per heavy atom. The van der Waals surface area contributed by atoms with Crippen molar-refractivity contribution < 1.29 is 5.11 Å². The van der Waals surface area contributed by atoms with Crippen LogP contribution in [0.25, 0.3) is 10.9 Å². The van der Waals surface area contributed by atoms with Crippen LogP contribution in [0.4, 0.5) is 0 Å². The number of fused-ring (bicyclic) bond motifs is 1. The number of hydrogen-bond donors (Lipinski definition) is 1. The molecule has 1 atom stereocenters. The molecule has 2 rings (SSSR count). The first-order chi connectivity index (χ1) is 8.16. The number of halogens is 1. The van der Waals surface area contributed by atoms with Crippen molar-refractivity contribution in [1.29, 1.82) is 0 Å². The van der Waals surface area contributed by atoms with Gasteiger partial charge in [-0.3, -0.25) is 4.98 Å². The molecule has 0 amide bonds. The van der Waals surface area contributed by atoms with E-state index in [0.717, 1.165) is 16.5 Å². The first-order valence-electron chi connectivity index (χ1n) is 5.52. The molecule has 0 unspecified atom stereocenters. The van der Waals surface area contributed by atoms with Crippen LogP contribution in [0.2, 0.25) is 0 Å². The fourth-order valence-electron chi connectivity index (χ4n) is 1.71. The second kappa shape index (κ2) is 5.60. The minimum Gasteiger partial charge on any atom is -0.388 e. The van der Waals surface area contributed by atoms with Crippen molar-refractivity contribution in [2.75, 3.05) is 0 Å². The van der Waals surface area contributed by atoms with Crippen LogP contribution in [-0.4, -0.2) is 10.1 Å². The first-order valence-corrected chi connectivity index (χ1v) is 6.59. The highest BCUT2D eigenvalue weighted by Crippen LogP contribution is 2.22. The standard InChI is InChI=1S/C14H14INO/c1-10(15)4-7-14(17)12-5-6-13-11(9-12)3-2-8-16-13/h2-6,8-9,14,17H,7H2,1H3/b10-4-/t14-/m1/s1. The summed E-state index contributed by atoms with van der Waals surface area (Å²) in [6.07, 6.45) is 4.03. The average Bonchev–Trinajstić information content (AvgIpc) is 2.35. The normalized spacial score (nSPS) is 13.9. The molecule has 0 saturated heterocycles. The number of allylic oxidation sites excluding steroid dienone is 1. The van der Waals surface area contributed by atoms with Gasteiger partial charge in [-0.15, -0.1) is 0 Å². The zero-order valence-electron chi connectivity index (χ0n) is 9.60. The molecule has 1 aromatic heterocycles. The maximum atomic E-state index is 10.1. The summed E-state index contributed by atoms with van der Waals surface area (Å²) in [5.41, 5.74) is 1.91. The number of aliphatic hydroxyl groups is 1. The second-order valence-electron chi connectivity index (χ2n) is 4.00. The van der Waals surface area contributed by atoms with E-state index in [9.17, 15) is 5.11 Å². The molecule has 0 spiro atoms.